The molecule has 134 valence electrons. The normalized spacial score (nSPS) is 10.4. The fourth-order valence-corrected chi connectivity index (χ4v) is 2.97. The van der Waals surface area contributed by atoms with E-state index < -0.39 is 0 Å². The summed E-state index contributed by atoms with van der Waals surface area (Å²) in [4.78, 5) is 13.9. The van der Waals surface area contributed by atoms with Crippen LogP contribution in [0.15, 0.2) is 46.9 Å². The Bertz CT molecular complexity index is 878. The van der Waals surface area contributed by atoms with E-state index in [1.54, 1.807) is 43.5 Å². The Labute approximate surface area is 165 Å². The largest absolute Gasteiger partial charge is 0.493 e. The lowest BCUT2D eigenvalue weighted by Gasteiger charge is -2.17. The average molecular weight is 436 g/mol. The van der Waals surface area contributed by atoms with Gasteiger partial charge in [0.25, 0.3) is 5.91 Å². The van der Waals surface area contributed by atoms with Gasteiger partial charge in [-0.15, -0.1) is 0 Å². The molecule has 0 unspecified atom stereocenters. The molecule has 0 aromatic heterocycles. The molecule has 0 aliphatic carbocycles. The molecule has 2 rings (SSSR count). The number of carbonyl (C=O) groups excluding carboxylic acids is 1. The summed E-state index contributed by atoms with van der Waals surface area (Å²) in [6, 6.07) is 12.4. The predicted molar refractivity (Wildman–Crippen MR) is 106 cm³/mol. The highest BCUT2D eigenvalue weighted by Gasteiger charge is 2.12. The van der Waals surface area contributed by atoms with Crippen LogP contribution in [-0.2, 0) is 4.79 Å². The second kappa shape index (κ2) is 9.27. The number of likely N-dealkylation sites (N-methyl/N-ethyl adjacent to an activating group) is 1. The zero-order chi connectivity index (χ0) is 19.1. The maximum atomic E-state index is 12.4. The molecular formula is C19H16BrClN2O3. The Balaban J connectivity index is 2.15. The van der Waals surface area contributed by atoms with Crippen molar-refractivity contribution in [2.24, 2.45) is 0 Å². The van der Waals surface area contributed by atoms with Crippen LogP contribution < -0.4 is 14.4 Å². The highest BCUT2D eigenvalue weighted by molar-refractivity contribution is 9.10. The van der Waals surface area contributed by atoms with Crippen LogP contribution in [0.5, 0.6) is 11.5 Å². The number of benzene rings is 2. The SMILES string of the molecule is COc1cc(C=CC(=O)N(C)c2ccc(Br)cc2Cl)ccc1OCC#N. The first-order valence-corrected chi connectivity index (χ1v) is 8.72. The number of amides is 1. The van der Waals surface area contributed by atoms with Crippen LogP contribution in [0.25, 0.3) is 6.08 Å². The van der Waals surface area contributed by atoms with Crippen LogP contribution in [0.4, 0.5) is 5.69 Å². The van der Waals surface area contributed by atoms with Crippen LogP contribution in [0, 0.1) is 11.3 Å². The molecule has 0 aliphatic heterocycles. The molecule has 0 spiro atoms. The number of anilines is 1. The number of hydrogen-bond donors (Lipinski definition) is 0. The van der Waals surface area contributed by atoms with Gasteiger partial charge in [-0.3, -0.25) is 4.79 Å². The first-order chi connectivity index (χ1) is 12.5. The average Bonchev–Trinajstić information content (AvgIpc) is 2.64. The van der Waals surface area contributed by atoms with Crippen molar-refractivity contribution in [1.29, 1.82) is 5.26 Å². The minimum Gasteiger partial charge on any atom is -0.493 e. The lowest BCUT2D eigenvalue weighted by atomic mass is 10.2. The molecular weight excluding hydrogens is 420 g/mol. The molecule has 0 bridgehead atoms. The fraction of sp³-hybridized carbons (Fsp3) is 0.158. The van der Waals surface area contributed by atoms with Crippen molar-refractivity contribution in [2.45, 2.75) is 0 Å². The molecule has 0 N–H and O–H groups in total. The Morgan fingerprint density at radius 2 is 2.08 bits per heavy atom. The molecule has 7 heteroatoms. The third kappa shape index (κ3) is 5.01. The maximum absolute atomic E-state index is 12.4. The highest BCUT2D eigenvalue weighted by Crippen LogP contribution is 2.30. The molecule has 2 aromatic carbocycles. The van der Waals surface area contributed by atoms with E-state index in [4.69, 9.17) is 26.3 Å². The quantitative estimate of drug-likeness (QED) is 0.618. The van der Waals surface area contributed by atoms with Gasteiger partial charge in [0.15, 0.2) is 18.1 Å². The van der Waals surface area contributed by atoms with Crippen LogP contribution in [0.3, 0.4) is 0 Å². The second-order valence-corrected chi connectivity index (χ2v) is 6.51. The van der Waals surface area contributed by atoms with Crippen molar-refractivity contribution in [3.63, 3.8) is 0 Å². The first-order valence-electron chi connectivity index (χ1n) is 7.55. The molecule has 0 saturated heterocycles. The van der Waals surface area contributed by atoms with Crippen molar-refractivity contribution in [3.05, 3.63) is 57.5 Å². The van der Waals surface area contributed by atoms with Crippen molar-refractivity contribution in [1.82, 2.24) is 0 Å². The zero-order valence-electron chi connectivity index (χ0n) is 14.2. The Morgan fingerprint density at radius 3 is 2.73 bits per heavy atom. The van der Waals surface area contributed by atoms with Crippen LogP contribution in [0.1, 0.15) is 5.56 Å². The molecule has 0 fully saturated rings. The third-order valence-corrected chi connectivity index (χ3v) is 4.30. The van der Waals surface area contributed by atoms with Gasteiger partial charge in [-0.2, -0.15) is 5.26 Å². The minimum absolute atomic E-state index is 0.0667. The molecule has 5 nitrogen and oxygen atoms in total. The lowest BCUT2D eigenvalue weighted by Crippen LogP contribution is -2.24. The van der Waals surface area contributed by atoms with Crippen LogP contribution in [0.2, 0.25) is 5.02 Å². The molecule has 26 heavy (non-hydrogen) atoms. The smallest absolute Gasteiger partial charge is 0.250 e. The predicted octanol–water partition coefficient (Wildman–Crippen LogP) is 4.69. The van der Waals surface area contributed by atoms with Gasteiger partial charge >= 0.3 is 0 Å². The van der Waals surface area contributed by atoms with E-state index in [0.717, 1.165) is 10.0 Å². The summed E-state index contributed by atoms with van der Waals surface area (Å²) < 4.78 is 11.4. The Hall–Kier alpha value is -2.49. The van der Waals surface area contributed by atoms with Crippen LogP contribution in [-0.4, -0.2) is 26.7 Å². The minimum atomic E-state index is -0.224. The van der Waals surface area contributed by atoms with Gasteiger partial charge in [0.1, 0.15) is 6.07 Å². The topological polar surface area (TPSA) is 62.6 Å². The monoisotopic (exact) mass is 434 g/mol. The Morgan fingerprint density at radius 1 is 1.31 bits per heavy atom. The van der Waals surface area contributed by atoms with Gasteiger partial charge in [-0.05, 0) is 42.0 Å². The summed E-state index contributed by atoms with van der Waals surface area (Å²) in [5.74, 6) is 0.730. The van der Waals surface area contributed by atoms with Crippen LogP contribution >= 0.6 is 27.5 Å². The fourth-order valence-electron chi connectivity index (χ4n) is 2.17. The van der Waals surface area contributed by atoms with Crippen molar-refractivity contribution < 1.29 is 14.3 Å². The summed E-state index contributed by atoms with van der Waals surface area (Å²) in [5.41, 5.74) is 1.37. The third-order valence-electron chi connectivity index (χ3n) is 3.50. The number of carbonyl (C=O) groups is 1. The number of nitriles is 1. The van der Waals surface area contributed by atoms with Crippen molar-refractivity contribution in [3.8, 4) is 17.6 Å². The van der Waals surface area contributed by atoms with Gasteiger partial charge in [0.05, 0.1) is 17.8 Å². The molecule has 0 radical (unpaired) electrons. The number of ether oxygens (including phenoxy) is 2. The van der Waals surface area contributed by atoms with Crippen molar-refractivity contribution >= 4 is 45.2 Å². The van der Waals surface area contributed by atoms with E-state index in [0.29, 0.717) is 22.2 Å². The summed E-state index contributed by atoms with van der Waals surface area (Å²) in [6.07, 6.45) is 3.12. The van der Waals surface area contributed by atoms with Crippen molar-refractivity contribution in [2.75, 3.05) is 25.7 Å². The highest BCUT2D eigenvalue weighted by atomic mass is 79.9. The van der Waals surface area contributed by atoms with E-state index in [2.05, 4.69) is 15.9 Å². The van der Waals surface area contributed by atoms with Gasteiger partial charge in [0.2, 0.25) is 0 Å². The van der Waals surface area contributed by atoms with E-state index in [1.807, 2.05) is 12.1 Å². The van der Waals surface area contributed by atoms with E-state index in [9.17, 15) is 4.79 Å². The second-order valence-electron chi connectivity index (χ2n) is 5.18. The Kier molecular flexibility index (Phi) is 7.07. The van der Waals surface area contributed by atoms with E-state index in [1.165, 1.54) is 18.1 Å². The molecule has 0 aliphatic rings. The van der Waals surface area contributed by atoms with Gasteiger partial charge in [-0.1, -0.05) is 33.6 Å². The molecule has 1 amide bonds. The first kappa shape index (κ1) is 19.8. The standard InChI is InChI=1S/C19H16BrClN2O3/c1-23(16-6-5-14(20)12-15(16)21)19(24)8-4-13-3-7-17(26-10-9-22)18(11-13)25-2/h3-8,11-12H,10H2,1-2H3. The van der Waals surface area contributed by atoms with E-state index in [-0.39, 0.29) is 12.5 Å². The van der Waals surface area contributed by atoms with Gasteiger partial charge < -0.3 is 14.4 Å². The summed E-state index contributed by atoms with van der Waals surface area (Å²) in [5, 5.41) is 9.07. The number of halogens is 2. The zero-order valence-corrected chi connectivity index (χ0v) is 16.5. The summed E-state index contributed by atoms with van der Waals surface area (Å²) >= 11 is 9.52. The van der Waals surface area contributed by atoms with Gasteiger partial charge in [-0.25, -0.2) is 0 Å². The van der Waals surface area contributed by atoms with Gasteiger partial charge in [0, 0.05) is 17.6 Å². The maximum Gasteiger partial charge on any atom is 0.250 e. The van der Waals surface area contributed by atoms with E-state index >= 15 is 0 Å². The number of nitrogens with zero attached hydrogens (tertiary/aromatic N) is 2. The molecule has 0 heterocycles. The molecule has 0 atom stereocenters. The summed E-state index contributed by atoms with van der Waals surface area (Å²) in [6.45, 7) is -0.0667. The molecule has 0 saturated carbocycles. The number of rotatable bonds is 6. The lowest BCUT2D eigenvalue weighted by molar-refractivity contribution is -0.113. The summed E-state index contributed by atoms with van der Waals surface area (Å²) in [7, 11) is 3.16. The number of hydrogen-bond acceptors (Lipinski definition) is 4. The number of methoxy groups -OCH3 is 1. The molecule has 2 aromatic rings.